The Hall–Kier alpha value is -3.55. The number of imidazole rings is 1. The van der Waals surface area contributed by atoms with E-state index in [0.29, 0.717) is 17.0 Å². The van der Waals surface area contributed by atoms with Gasteiger partial charge in [0.1, 0.15) is 5.65 Å². The third-order valence-electron chi connectivity index (χ3n) is 3.13. The fraction of sp³-hybridized carbons (Fsp3) is 0.0625. The summed E-state index contributed by atoms with van der Waals surface area (Å²) in [5.74, 6) is -1.25. The Morgan fingerprint density at radius 3 is 2.75 bits per heavy atom. The van der Waals surface area contributed by atoms with Gasteiger partial charge < -0.3 is 10.4 Å². The normalized spacial score (nSPS) is 11.0. The highest BCUT2D eigenvalue weighted by molar-refractivity contribution is 5.91. The molecule has 0 aliphatic rings. The van der Waals surface area contributed by atoms with Crippen LogP contribution in [0.5, 0.6) is 0 Å². The maximum atomic E-state index is 11.4. The Labute approximate surface area is 136 Å². The van der Waals surface area contributed by atoms with Crippen LogP contribution >= 0.6 is 0 Å². The summed E-state index contributed by atoms with van der Waals surface area (Å²) in [4.78, 5) is 26.5. The lowest BCUT2D eigenvalue weighted by molar-refractivity contribution is -0.114. The number of amides is 1. The van der Waals surface area contributed by atoms with E-state index in [1.807, 2.05) is 0 Å². The molecule has 0 aliphatic heterocycles. The summed E-state index contributed by atoms with van der Waals surface area (Å²) in [7, 11) is 0. The summed E-state index contributed by atoms with van der Waals surface area (Å²) in [6.45, 7) is 1.41. The molecular weight excluding hydrogens is 310 g/mol. The van der Waals surface area contributed by atoms with Crippen LogP contribution in [-0.2, 0) is 4.79 Å². The molecule has 120 valence electrons. The van der Waals surface area contributed by atoms with Crippen LogP contribution < -0.4 is 5.32 Å². The second kappa shape index (κ2) is 6.29. The Bertz CT molecular complexity index is 961. The Morgan fingerprint density at radius 2 is 2.00 bits per heavy atom. The fourth-order valence-corrected chi connectivity index (χ4v) is 2.18. The van der Waals surface area contributed by atoms with Crippen molar-refractivity contribution in [2.75, 3.05) is 5.32 Å². The minimum absolute atomic E-state index is 0.128. The number of hydrogen-bond donors (Lipinski definition) is 2. The van der Waals surface area contributed by atoms with E-state index in [9.17, 15) is 14.7 Å². The van der Waals surface area contributed by atoms with Gasteiger partial charge in [-0.1, -0.05) is 12.1 Å². The van der Waals surface area contributed by atoms with Crippen molar-refractivity contribution in [1.82, 2.24) is 9.38 Å². The van der Waals surface area contributed by atoms with Crippen LogP contribution in [0.1, 0.15) is 17.4 Å². The van der Waals surface area contributed by atoms with E-state index in [4.69, 9.17) is 0 Å². The van der Waals surface area contributed by atoms with Crippen LogP contribution in [0.25, 0.3) is 5.65 Å². The largest absolute Gasteiger partial charge is 0.476 e. The monoisotopic (exact) mass is 323 g/mol. The second-order valence-corrected chi connectivity index (χ2v) is 4.95. The lowest BCUT2D eigenvalue weighted by atomic mass is 10.3. The summed E-state index contributed by atoms with van der Waals surface area (Å²) in [6.07, 6.45) is 1.66. The summed E-state index contributed by atoms with van der Waals surface area (Å²) in [5, 5.41) is 20.0. The van der Waals surface area contributed by atoms with Gasteiger partial charge in [0.2, 0.25) is 5.91 Å². The molecule has 24 heavy (non-hydrogen) atoms. The zero-order valence-corrected chi connectivity index (χ0v) is 12.7. The Balaban J connectivity index is 2.00. The van der Waals surface area contributed by atoms with Crippen LogP contribution in [0.4, 0.5) is 17.2 Å². The number of pyridine rings is 1. The van der Waals surface area contributed by atoms with Crippen molar-refractivity contribution in [1.29, 1.82) is 0 Å². The van der Waals surface area contributed by atoms with Gasteiger partial charge in [0.05, 0.1) is 5.69 Å². The lowest BCUT2D eigenvalue weighted by Crippen LogP contribution is -2.05. The predicted octanol–water partition coefficient (Wildman–Crippen LogP) is 3.41. The molecule has 0 spiro atoms. The van der Waals surface area contributed by atoms with E-state index in [1.54, 1.807) is 53.1 Å². The highest BCUT2D eigenvalue weighted by Gasteiger charge is 2.17. The molecular formula is C16H13N5O3. The number of carboxylic acids is 1. The van der Waals surface area contributed by atoms with Crippen molar-refractivity contribution in [2.24, 2.45) is 10.2 Å². The number of carbonyl (C=O) groups excluding carboxylic acids is 1. The summed E-state index contributed by atoms with van der Waals surface area (Å²) < 4.78 is 1.55. The van der Waals surface area contributed by atoms with E-state index in [-0.39, 0.29) is 17.4 Å². The number of hydrogen-bond acceptors (Lipinski definition) is 5. The van der Waals surface area contributed by atoms with Gasteiger partial charge in [-0.3, -0.25) is 9.20 Å². The van der Waals surface area contributed by atoms with Crippen molar-refractivity contribution in [2.45, 2.75) is 6.92 Å². The number of nitrogens with zero attached hydrogens (tertiary/aromatic N) is 4. The first kappa shape index (κ1) is 15.3. The average Bonchev–Trinajstić information content (AvgIpc) is 2.91. The zero-order chi connectivity index (χ0) is 17.1. The highest BCUT2D eigenvalue weighted by Crippen LogP contribution is 2.25. The van der Waals surface area contributed by atoms with Crippen LogP contribution in [0.2, 0.25) is 0 Å². The molecule has 3 aromatic rings. The smallest absolute Gasteiger partial charge is 0.358 e. The number of carbonyl (C=O) groups is 2. The number of rotatable bonds is 4. The molecule has 1 aromatic carbocycles. The van der Waals surface area contributed by atoms with Gasteiger partial charge in [-0.15, -0.1) is 10.2 Å². The first-order valence-electron chi connectivity index (χ1n) is 7.04. The molecule has 0 atom stereocenters. The molecule has 2 N–H and O–H groups in total. The molecule has 2 heterocycles. The summed E-state index contributed by atoms with van der Waals surface area (Å²) in [6, 6.07) is 11.9. The molecule has 0 bridgehead atoms. The molecule has 0 saturated heterocycles. The van der Waals surface area contributed by atoms with Gasteiger partial charge in [-0.05, 0) is 30.3 Å². The topological polar surface area (TPSA) is 108 Å². The van der Waals surface area contributed by atoms with Crippen molar-refractivity contribution < 1.29 is 14.7 Å². The second-order valence-electron chi connectivity index (χ2n) is 4.95. The van der Waals surface area contributed by atoms with Gasteiger partial charge >= 0.3 is 5.97 Å². The summed E-state index contributed by atoms with van der Waals surface area (Å²) in [5.41, 5.74) is 1.35. The van der Waals surface area contributed by atoms with Crippen LogP contribution in [0.15, 0.2) is 58.9 Å². The van der Waals surface area contributed by atoms with Crippen molar-refractivity contribution in [3.8, 4) is 0 Å². The van der Waals surface area contributed by atoms with Gasteiger partial charge in [0.25, 0.3) is 0 Å². The standard InChI is InChI=1S/C16H13N5O3/c1-10(22)17-11-5-4-6-12(9-11)19-20-15-14(16(23)24)18-13-7-2-3-8-21(13)15/h2-9H,1H3,(H,17,22)(H,23,24). The zero-order valence-electron chi connectivity index (χ0n) is 12.7. The SMILES string of the molecule is CC(=O)Nc1cccc(N=Nc2c(C(=O)O)nc3ccccn23)c1. The number of azo groups is 1. The van der Waals surface area contributed by atoms with Gasteiger partial charge in [-0.2, -0.15) is 0 Å². The quantitative estimate of drug-likeness (QED) is 0.717. The fourth-order valence-electron chi connectivity index (χ4n) is 2.18. The van der Waals surface area contributed by atoms with Gasteiger partial charge in [0.15, 0.2) is 11.5 Å². The van der Waals surface area contributed by atoms with Crippen LogP contribution in [0.3, 0.4) is 0 Å². The number of carboxylic acid groups (broad SMARTS) is 1. The van der Waals surface area contributed by atoms with Crippen molar-refractivity contribution in [3.63, 3.8) is 0 Å². The number of benzene rings is 1. The third-order valence-corrected chi connectivity index (χ3v) is 3.13. The number of aromatic nitrogens is 2. The first-order chi connectivity index (χ1) is 11.5. The molecule has 3 rings (SSSR count). The van der Waals surface area contributed by atoms with E-state index >= 15 is 0 Å². The molecule has 0 unspecified atom stereocenters. The molecule has 0 fully saturated rings. The minimum atomic E-state index is -1.18. The van der Waals surface area contributed by atoms with E-state index < -0.39 is 5.97 Å². The maximum absolute atomic E-state index is 11.4. The van der Waals surface area contributed by atoms with E-state index in [2.05, 4.69) is 20.5 Å². The minimum Gasteiger partial charge on any atom is -0.476 e. The molecule has 2 aromatic heterocycles. The highest BCUT2D eigenvalue weighted by atomic mass is 16.4. The van der Waals surface area contributed by atoms with Crippen molar-refractivity contribution >= 4 is 34.7 Å². The van der Waals surface area contributed by atoms with Gasteiger partial charge in [0, 0.05) is 18.8 Å². The first-order valence-corrected chi connectivity index (χ1v) is 7.04. The Kier molecular flexibility index (Phi) is 4.02. The molecule has 0 aliphatic carbocycles. The molecule has 0 saturated carbocycles. The van der Waals surface area contributed by atoms with E-state index in [0.717, 1.165) is 0 Å². The molecule has 0 radical (unpaired) electrons. The maximum Gasteiger partial charge on any atom is 0.358 e. The molecule has 8 heteroatoms. The third kappa shape index (κ3) is 3.12. The number of aromatic carboxylic acids is 1. The van der Waals surface area contributed by atoms with Crippen LogP contribution in [-0.4, -0.2) is 26.4 Å². The number of fused-ring (bicyclic) bond motifs is 1. The summed E-state index contributed by atoms with van der Waals surface area (Å²) >= 11 is 0. The predicted molar refractivity (Wildman–Crippen MR) is 87.1 cm³/mol. The number of anilines is 1. The van der Waals surface area contributed by atoms with Crippen LogP contribution in [0, 0.1) is 0 Å². The van der Waals surface area contributed by atoms with Crippen molar-refractivity contribution in [3.05, 3.63) is 54.4 Å². The lowest BCUT2D eigenvalue weighted by Gasteiger charge is -2.01. The van der Waals surface area contributed by atoms with Gasteiger partial charge in [-0.25, -0.2) is 9.78 Å². The number of nitrogens with one attached hydrogen (secondary N) is 1. The average molecular weight is 323 g/mol. The Morgan fingerprint density at radius 1 is 1.17 bits per heavy atom. The molecule has 1 amide bonds. The molecule has 8 nitrogen and oxygen atoms in total. The van der Waals surface area contributed by atoms with E-state index in [1.165, 1.54) is 6.92 Å².